The number of hydrogen-bond donors (Lipinski definition) is 2. The average Bonchev–Trinajstić information content (AvgIpc) is 3.13. The number of aromatic nitrogens is 1. The molecule has 2 rings (SSSR count). The predicted octanol–water partition coefficient (Wildman–Crippen LogP) is 4.24. The summed E-state index contributed by atoms with van der Waals surface area (Å²) >= 11 is 7.16. The lowest BCUT2D eigenvalue weighted by Crippen LogP contribution is -2.40. The molecule has 0 fully saturated rings. The van der Waals surface area contributed by atoms with Crippen LogP contribution in [0, 0.1) is 11.8 Å². The van der Waals surface area contributed by atoms with Crippen LogP contribution in [0.15, 0.2) is 29.6 Å². The molecule has 1 aromatic carbocycles. The number of thiazole rings is 1. The van der Waals surface area contributed by atoms with Crippen LogP contribution in [0.1, 0.15) is 50.2 Å². The quantitative estimate of drug-likeness (QED) is 0.505. The summed E-state index contributed by atoms with van der Waals surface area (Å²) in [6.45, 7) is 9.16. The van der Waals surface area contributed by atoms with E-state index in [1.165, 1.54) is 16.2 Å². The molecule has 0 saturated carbocycles. The second-order valence-corrected chi connectivity index (χ2v) is 9.78. The van der Waals surface area contributed by atoms with Gasteiger partial charge in [0.1, 0.15) is 6.54 Å². The van der Waals surface area contributed by atoms with Crippen molar-refractivity contribution in [2.75, 3.05) is 25.0 Å². The van der Waals surface area contributed by atoms with E-state index in [9.17, 15) is 14.4 Å². The summed E-state index contributed by atoms with van der Waals surface area (Å²) in [4.78, 5) is 43.3. The molecule has 7 nitrogen and oxygen atoms in total. The number of nitrogens with one attached hydrogen (secondary N) is 2. The topological polar surface area (TPSA) is 91.4 Å². The molecule has 0 spiro atoms. The van der Waals surface area contributed by atoms with Gasteiger partial charge in [0.2, 0.25) is 11.8 Å². The van der Waals surface area contributed by atoms with E-state index >= 15 is 0 Å². The minimum absolute atomic E-state index is 0.0921. The Hall–Kier alpha value is -2.45. The second-order valence-electron chi connectivity index (χ2n) is 8.49. The second kappa shape index (κ2) is 12.6. The van der Waals surface area contributed by atoms with E-state index in [0.717, 1.165) is 6.42 Å². The summed E-state index contributed by atoms with van der Waals surface area (Å²) < 4.78 is 0. The lowest BCUT2D eigenvalue weighted by atomic mass is 10.1. The smallest absolute Gasteiger partial charge is 0.254 e. The highest BCUT2D eigenvalue weighted by Gasteiger charge is 2.20. The average molecular weight is 479 g/mol. The molecular weight excluding hydrogens is 448 g/mol. The van der Waals surface area contributed by atoms with Crippen LogP contribution in [-0.4, -0.2) is 47.2 Å². The number of carbonyl (C=O) groups is 3. The zero-order valence-electron chi connectivity index (χ0n) is 19.0. The molecule has 0 bridgehead atoms. The number of anilines is 1. The molecule has 0 radical (unpaired) electrons. The Balaban J connectivity index is 1.93. The Morgan fingerprint density at radius 1 is 1.06 bits per heavy atom. The predicted molar refractivity (Wildman–Crippen MR) is 129 cm³/mol. The normalized spacial score (nSPS) is 11.0. The summed E-state index contributed by atoms with van der Waals surface area (Å²) in [5.74, 6) is 0.0575. The van der Waals surface area contributed by atoms with Gasteiger partial charge in [-0.15, -0.1) is 11.3 Å². The molecular formula is C23H31ClN4O3S. The van der Waals surface area contributed by atoms with E-state index in [4.69, 9.17) is 11.6 Å². The molecule has 174 valence electrons. The highest BCUT2D eigenvalue weighted by Crippen LogP contribution is 2.17. The van der Waals surface area contributed by atoms with Crippen molar-refractivity contribution >= 4 is 45.8 Å². The fraction of sp³-hybridized carbons (Fsp3) is 0.478. The van der Waals surface area contributed by atoms with Gasteiger partial charge in [0, 0.05) is 29.1 Å². The highest BCUT2D eigenvalue weighted by molar-refractivity contribution is 7.13. The molecule has 2 N–H and O–H groups in total. The number of hydrogen-bond acceptors (Lipinski definition) is 5. The molecule has 2 aromatic rings. The van der Waals surface area contributed by atoms with Crippen molar-refractivity contribution in [1.82, 2.24) is 15.2 Å². The summed E-state index contributed by atoms with van der Waals surface area (Å²) in [7, 11) is 0. The number of rotatable bonds is 11. The molecule has 32 heavy (non-hydrogen) atoms. The van der Waals surface area contributed by atoms with Crippen molar-refractivity contribution in [2.45, 2.75) is 40.5 Å². The van der Waals surface area contributed by atoms with E-state index in [2.05, 4.69) is 29.5 Å². The highest BCUT2D eigenvalue weighted by atomic mass is 35.5. The summed E-state index contributed by atoms with van der Waals surface area (Å²) in [6, 6.07) is 6.60. The summed E-state index contributed by atoms with van der Waals surface area (Å²) in [5, 5.41) is 8.31. The Morgan fingerprint density at radius 2 is 1.75 bits per heavy atom. The number of amides is 3. The first kappa shape index (κ1) is 25.8. The number of nitrogens with zero attached hydrogens (tertiary/aromatic N) is 2. The molecule has 0 aliphatic heterocycles. The van der Waals surface area contributed by atoms with Crippen LogP contribution in [0.5, 0.6) is 0 Å². The molecule has 3 amide bonds. The summed E-state index contributed by atoms with van der Waals surface area (Å²) in [5.41, 5.74) is 1.08. The maximum Gasteiger partial charge on any atom is 0.254 e. The maximum atomic E-state index is 12.9. The van der Waals surface area contributed by atoms with Crippen molar-refractivity contribution in [3.05, 3.63) is 45.9 Å². The van der Waals surface area contributed by atoms with Crippen LogP contribution >= 0.6 is 22.9 Å². The number of halogens is 1. The van der Waals surface area contributed by atoms with E-state index in [1.54, 1.807) is 29.6 Å². The molecule has 0 aliphatic rings. The van der Waals surface area contributed by atoms with Gasteiger partial charge in [-0.2, -0.15) is 0 Å². The Kier molecular flexibility index (Phi) is 10.1. The Bertz CT molecular complexity index is 912. The summed E-state index contributed by atoms with van der Waals surface area (Å²) in [6.07, 6.45) is 1.09. The van der Waals surface area contributed by atoms with Gasteiger partial charge >= 0.3 is 0 Å². The van der Waals surface area contributed by atoms with Crippen molar-refractivity contribution in [3.8, 4) is 0 Å². The van der Waals surface area contributed by atoms with Crippen molar-refractivity contribution in [3.63, 3.8) is 0 Å². The van der Waals surface area contributed by atoms with Crippen LogP contribution < -0.4 is 10.6 Å². The van der Waals surface area contributed by atoms with E-state index in [0.29, 0.717) is 40.4 Å². The van der Waals surface area contributed by atoms with Crippen molar-refractivity contribution in [1.29, 1.82) is 0 Å². The fourth-order valence-corrected chi connectivity index (χ4v) is 3.79. The number of carbonyl (C=O) groups excluding carboxylic acids is 3. The van der Waals surface area contributed by atoms with Crippen LogP contribution in [0.3, 0.4) is 0 Å². The van der Waals surface area contributed by atoms with E-state index < -0.39 is 0 Å². The molecule has 0 aliphatic carbocycles. The first-order valence-corrected chi connectivity index (χ1v) is 12.0. The van der Waals surface area contributed by atoms with Crippen LogP contribution in [0.2, 0.25) is 5.02 Å². The lowest BCUT2D eigenvalue weighted by Gasteiger charge is -2.24. The van der Waals surface area contributed by atoms with Gasteiger partial charge in [0.05, 0.1) is 12.1 Å². The lowest BCUT2D eigenvalue weighted by molar-refractivity contribution is -0.120. The van der Waals surface area contributed by atoms with E-state index in [-0.39, 0.29) is 36.6 Å². The molecule has 0 unspecified atom stereocenters. The monoisotopic (exact) mass is 478 g/mol. The minimum atomic E-state index is -0.338. The Morgan fingerprint density at radius 3 is 2.38 bits per heavy atom. The zero-order chi connectivity index (χ0) is 23.7. The third-order valence-electron chi connectivity index (χ3n) is 4.48. The molecule has 1 heterocycles. The first-order chi connectivity index (χ1) is 15.1. The molecule has 0 atom stereocenters. The Labute approximate surface area is 198 Å². The van der Waals surface area contributed by atoms with Crippen LogP contribution in [0.25, 0.3) is 0 Å². The van der Waals surface area contributed by atoms with Gasteiger partial charge < -0.3 is 15.5 Å². The fourth-order valence-electron chi connectivity index (χ4n) is 2.94. The molecule has 0 saturated heterocycles. The van der Waals surface area contributed by atoms with Gasteiger partial charge in [-0.1, -0.05) is 39.3 Å². The van der Waals surface area contributed by atoms with Gasteiger partial charge in [0.25, 0.3) is 5.91 Å². The number of benzene rings is 1. The third kappa shape index (κ3) is 8.96. The van der Waals surface area contributed by atoms with E-state index in [1.807, 2.05) is 13.8 Å². The zero-order valence-corrected chi connectivity index (χ0v) is 20.6. The van der Waals surface area contributed by atoms with Gasteiger partial charge in [-0.05, 0) is 42.5 Å². The van der Waals surface area contributed by atoms with Crippen molar-refractivity contribution < 1.29 is 14.4 Å². The first-order valence-electron chi connectivity index (χ1n) is 10.7. The van der Waals surface area contributed by atoms with Crippen LogP contribution in [0.4, 0.5) is 5.13 Å². The SMILES string of the molecule is CC(C)CCNC(=O)Cc1csc(NC(=O)CN(CC(C)C)C(=O)c2ccc(Cl)cc2)n1. The minimum Gasteiger partial charge on any atom is -0.356 e. The van der Waals surface area contributed by atoms with Gasteiger partial charge in [0.15, 0.2) is 5.13 Å². The van der Waals surface area contributed by atoms with Crippen LogP contribution in [-0.2, 0) is 16.0 Å². The molecule has 1 aromatic heterocycles. The third-order valence-corrected chi connectivity index (χ3v) is 5.54. The van der Waals surface area contributed by atoms with Crippen molar-refractivity contribution in [2.24, 2.45) is 11.8 Å². The molecule has 9 heteroatoms. The van der Waals surface area contributed by atoms with Gasteiger partial charge in [-0.3, -0.25) is 14.4 Å². The standard InChI is InChI=1S/C23H31ClN4O3S/c1-15(2)9-10-25-20(29)11-19-14-32-23(26-19)27-21(30)13-28(12-16(3)4)22(31)17-5-7-18(24)8-6-17/h5-8,14-16H,9-13H2,1-4H3,(H,25,29)(H,26,27,30). The maximum absolute atomic E-state index is 12.9. The van der Waals surface area contributed by atoms with Gasteiger partial charge in [-0.25, -0.2) is 4.98 Å². The largest absolute Gasteiger partial charge is 0.356 e.